The number of hydrogen-bond acceptors (Lipinski definition) is 7. The van der Waals surface area contributed by atoms with Crippen molar-refractivity contribution in [2.24, 2.45) is 11.8 Å². The summed E-state index contributed by atoms with van der Waals surface area (Å²) < 4.78 is 52.8. The number of hydrogen-bond donors (Lipinski definition) is 0. The first-order valence-electron chi connectivity index (χ1n) is 10.5. The van der Waals surface area contributed by atoms with Crippen LogP contribution in [0.5, 0.6) is 0 Å². The summed E-state index contributed by atoms with van der Waals surface area (Å²) in [5.74, 6) is 0.267. The maximum atomic E-state index is 13.5. The Bertz CT molecular complexity index is 1330. The summed E-state index contributed by atoms with van der Waals surface area (Å²) in [7, 11) is 0. The summed E-state index contributed by atoms with van der Waals surface area (Å²) in [6.07, 6.45) is -4.82. The second-order valence-corrected chi connectivity index (χ2v) is 9.66. The molecule has 12 heteroatoms. The molecule has 3 aromatic rings. The van der Waals surface area contributed by atoms with Crippen molar-refractivity contribution in [1.82, 2.24) is 9.88 Å². The third kappa shape index (κ3) is 4.23. The molecule has 0 aliphatic carbocycles. The molecule has 2 saturated heterocycles. The van der Waals surface area contributed by atoms with Gasteiger partial charge in [0.1, 0.15) is 10.5 Å². The van der Waals surface area contributed by atoms with Crippen LogP contribution in [0, 0.1) is 27.8 Å². The molecule has 0 amide bonds. The van der Waals surface area contributed by atoms with Crippen LogP contribution in [-0.2, 0) is 12.7 Å². The van der Waals surface area contributed by atoms with Crippen LogP contribution in [0.2, 0.25) is 0 Å². The van der Waals surface area contributed by atoms with Gasteiger partial charge in [-0.05, 0) is 35.6 Å². The highest BCUT2D eigenvalue weighted by atomic mass is 32.1. The number of likely N-dealkylation sites (tertiary alicyclic amines) is 1. The molecule has 0 bridgehead atoms. The first-order chi connectivity index (χ1) is 16.1. The molecular formula is C22H18F4N4O3S. The molecule has 2 aromatic carbocycles. The van der Waals surface area contributed by atoms with Crippen LogP contribution in [0.4, 0.5) is 28.4 Å². The molecule has 0 N–H and O–H groups in total. The van der Waals surface area contributed by atoms with E-state index in [9.17, 15) is 32.5 Å². The lowest BCUT2D eigenvalue weighted by molar-refractivity contribution is -0.383. The van der Waals surface area contributed by atoms with Gasteiger partial charge in [-0.3, -0.25) is 19.8 Å². The lowest BCUT2D eigenvalue weighted by Crippen LogP contribution is -2.29. The molecule has 2 fully saturated rings. The molecule has 178 valence electrons. The van der Waals surface area contributed by atoms with E-state index in [0.29, 0.717) is 31.8 Å². The molecule has 1 aromatic heterocycles. The molecule has 7 nitrogen and oxygen atoms in total. The van der Waals surface area contributed by atoms with Crippen LogP contribution in [-0.4, -0.2) is 41.0 Å². The van der Waals surface area contributed by atoms with Gasteiger partial charge in [-0.15, -0.1) is 0 Å². The predicted octanol–water partition coefficient (Wildman–Crippen LogP) is 4.29. The number of aromatic nitrogens is 1. The van der Waals surface area contributed by atoms with Gasteiger partial charge in [-0.1, -0.05) is 23.5 Å². The average Bonchev–Trinajstić information content (AvgIpc) is 3.31. The number of nitrogens with zero attached hydrogens (tertiary/aromatic N) is 4. The van der Waals surface area contributed by atoms with E-state index < -0.39 is 33.3 Å². The van der Waals surface area contributed by atoms with Crippen molar-refractivity contribution < 1.29 is 22.5 Å². The van der Waals surface area contributed by atoms with Crippen molar-refractivity contribution in [2.45, 2.75) is 12.7 Å². The number of halogens is 4. The smallest absolute Gasteiger partial charge is 0.347 e. The quantitative estimate of drug-likeness (QED) is 0.306. The van der Waals surface area contributed by atoms with Gasteiger partial charge in [0.15, 0.2) is 5.13 Å². The van der Waals surface area contributed by atoms with E-state index in [1.165, 1.54) is 12.1 Å². The summed E-state index contributed by atoms with van der Waals surface area (Å²) in [6.45, 7) is 3.32. The van der Waals surface area contributed by atoms with Gasteiger partial charge in [0, 0.05) is 38.8 Å². The number of benzene rings is 2. The fourth-order valence-electron chi connectivity index (χ4n) is 4.84. The van der Waals surface area contributed by atoms with E-state index >= 15 is 0 Å². The molecule has 3 heterocycles. The number of nitro groups is 1. The second kappa shape index (κ2) is 8.27. The third-order valence-electron chi connectivity index (χ3n) is 6.34. The van der Waals surface area contributed by atoms with E-state index in [1.54, 1.807) is 6.07 Å². The molecule has 0 spiro atoms. The summed E-state index contributed by atoms with van der Waals surface area (Å²) >= 11 is 0.867. The SMILES string of the molecule is O=c1nc(N2CC3CN(Cc4cccc(F)c4)CC3C2)sc2c([N+](=O)[O-])cc(C(F)(F)F)cc12. The Labute approximate surface area is 194 Å². The summed E-state index contributed by atoms with van der Waals surface area (Å²) in [5, 5.41) is 11.3. The number of fused-ring (bicyclic) bond motifs is 2. The maximum Gasteiger partial charge on any atom is 0.416 e. The Kier molecular flexibility index (Phi) is 5.52. The fourth-order valence-corrected chi connectivity index (χ4v) is 5.93. The zero-order chi connectivity index (χ0) is 24.2. The molecule has 0 radical (unpaired) electrons. The van der Waals surface area contributed by atoms with Gasteiger partial charge >= 0.3 is 6.18 Å². The van der Waals surface area contributed by atoms with Crippen molar-refractivity contribution in [2.75, 3.05) is 31.1 Å². The zero-order valence-corrected chi connectivity index (χ0v) is 18.4. The van der Waals surface area contributed by atoms with Crippen molar-refractivity contribution in [1.29, 1.82) is 0 Å². The number of anilines is 1. The lowest BCUT2D eigenvalue weighted by Gasteiger charge is -2.22. The molecule has 2 aliphatic heterocycles. The summed E-state index contributed by atoms with van der Waals surface area (Å²) in [6, 6.07) is 7.54. The number of nitro benzene ring substituents is 1. The van der Waals surface area contributed by atoms with Gasteiger partial charge in [0.25, 0.3) is 11.2 Å². The monoisotopic (exact) mass is 494 g/mol. The van der Waals surface area contributed by atoms with Crippen LogP contribution >= 0.6 is 11.3 Å². The highest BCUT2D eigenvalue weighted by molar-refractivity contribution is 7.22. The minimum absolute atomic E-state index is 0.113. The van der Waals surface area contributed by atoms with E-state index in [-0.39, 0.29) is 27.5 Å². The first-order valence-corrected chi connectivity index (χ1v) is 11.3. The van der Waals surface area contributed by atoms with Crippen LogP contribution < -0.4 is 10.5 Å². The van der Waals surface area contributed by atoms with E-state index in [4.69, 9.17) is 0 Å². The van der Waals surface area contributed by atoms with Crippen LogP contribution in [0.25, 0.3) is 10.1 Å². The predicted molar refractivity (Wildman–Crippen MR) is 118 cm³/mol. The van der Waals surface area contributed by atoms with Crippen molar-refractivity contribution in [3.05, 3.63) is 73.8 Å². The summed E-state index contributed by atoms with van der Waals surface area (Å²) in [4.78, 5) is 31.3. The van der Waals surface area contributed by atoms with Gasteiger partial charge in [0.05, 0.1) is 15.9 Å². The Morgan fingerprint density at radius 1 is 1.12 bits per heavy atom. The zero-order valence-electron chi connectivity index (χ0n) is 17.6. The van der Waals surface area contributed by atoms with Crippen LogP contribution in [0.1, 0.15) is 11.1 Å². The number of alkyl halides is 3. The second-order valence-electron chi connectivity index (χ2n) is 8.68. The Morgan fingerprint density at radius 3 is 2.44 bits per heavy atom. The van der Waals surface area contributed by atoms with Crippen molar-refractivity contribution in [3.8, 4) is 0 Å². The van der Waals surface area contributed by atoms with E-state index in [0.717, 1.165) is 30.0 Å². The maximum absolute atomic E-state index is 13.5. The normalized spacial score (nSPS) is 20.8. The van der Waals surface area contributed by atoms with Crippen LogP contribution in [0.15, 0.2) is 41.2 Å². The largest absolute Gasteiger partial charge is 0.416 e. The average molecular weight is 494 g/mol. The third-order valence-corrected chi connectivity index (χ3v) is 7.51. The standard InChI is InChI=1S/C22H18F4N4O3S/c23-16-3-1-2-12(4-16)7-28-8-13-10-29(11-14(13)9-28)21-27-20(31)17-5-15(22(24,25)26)6-18(30(32)33)19(17)34-21/h1-6,13-14H,7-11H2. The number of non-ortho nitro benzene ring substituents is 1. The molecule has 2 aliphatic rings. The van der Waals surface area contributed by atoms with E-state index in [1.807, 2.05) is 11.0 Å². The van der Waals surface area contributed by atoms with E-state index in [2.05, 4.69) is 9.88 Å². The Balaban J connectivity index is 1.38. The van der Waals surface area contributed by atoms with Gasteiger partial charge in [-0.25, -0.2) is 4.39 Å². The van der Waals surface area contributed by atoms with Crippen LogP contribution in [0.3, 0.4) is 0 Å². The minimum Gasteiger partial charge on any atom is -0.347 e. The molecule has 34 heavy (non-hydrogen) atoms. The molecular weight excluding hydrogens is 476 g/mol. The highest BCUT2D eigenvalue weighted by Gasteiger charge is 2.41. The first kappa shape index (κ1) is 22.7. The molecule has 2 atom stereocenters. The Morgan fingerprint density at radius 2 is 1.82 bits per heavy atom. The van der Waals surface area contributed by atoms with Crippen molar-refractivity contribution in [3.63, 3.8) is 0 Å². The topological polar surface area (TPSA) is 79.6 Å². The van der Waals surface area contributed by atoms with Gasteiger partial charge < -0.3 is 4.90 Å². The van der Waals surface area contributed by atoms with Crippen molar-refractivity contribution >= 4 is 32.2 Å². The minimum atomic E-state index is -4.82. The highest BCUT2D eigenvalue weighted by Crippen LogP contribution is 2.40. The molecule has 5 rings (SSSR count). The molecule has 0 saturated carbocycles. The molecule has 2 unspecified atom stereocenters. The number of rotatable bonds is 4. The fraction of sp³-hybridized carbons (Fsp3) is 0.364. The van der Waals surface area contributed by atoms with Gasteiger partial charge in [0.2, 0.25) is 0 Å². The van der Waals surface area contributed by atoms with Gasteiger partial charge in [-0.2, -0.15) is 18.2 Å². The Hall–Kier alpha value is -3.12. The summed E-state index contributed by atoms with van der Waals surface area (Å²) in [5.41, 5.74) is -2.03. The lowest BCUT2D eigenvalue weighted by atomic mass is 10.0.